The first-order valence-electron chi connectivity index (χ1n) is 7.54. The first-order valence-corrected chi connectivity index (χ1v) is 7.54. The number of ether oxygens (including phenoxy) is 3. The summed E-state index contributed by atoms with van der Waals surface area (Å²) >= 11 is 0. The zero-order valence-electron chi connectivity index (χ0n) is 13.5. The molecule has 25 heavy (non-hydrogen) atoms. The molecule has 1 N–H and O–H groups in total. The fourth-order valence-corrected chi connectivity index (χ4v) is 2.04. The largest absolute Gasteiger partial charge is 0.497 e. The first-order chi connectivity index (χ1) is 12.2. The van der Waals surface area contributed by atoms with Gasteiger partial charge in [-0.15, -0.1) is 0 Å². The summed E-state index contributed by atoms with van der Waals surface area (Å²) in [5.74, 6) is 2.40. The lowest BCUT2D eigenvalue weighted by Gasteiger charge is -2.09. The van der Waals surface area contributed by atoms with E-state index in [2.05, 4.69) is 10.3 Å². The summed E-state index contributed by atoms with van der Waals surface area (Å²) in [5.41, 5.74) is 0.594. The molecule has 3 rings (SSSR count). The monoisotopic (exact) mass is 336 g/mol. The Bertz CT molecular complexity index is 818. The van der Waals surface area contributed by atoms with Gasteiger partial charge in [0.25, 0.3) is 0 Å². The maximum absolute atomic E-state index is 11.9. The van der Waals surface area contributed by atoms with Crippen LogP contribution in [0.3, 0.4) is 0 Å². The molecule has 0 atom stereocenters. The van der Waals surface area contributed by atoms with Crippen molar-refractivity contribution in [3.63, 3.8) is 0 Å². The Kier molecular flexibility index (Phi) is 5.11. The number of nitrogens with zero attached hydrogens (tertiary/aromatic N) is 1. The van der Waals surface area contributed by atoms with E-state index in [9.17, 15) is 4.79 Å². The second-order valence-corrected chi connectivity index (χ2v) is 5.01. The molecule has 2 aromatic carbocycles. The van der Waals surface area contributed by atoms with Crippen LogP contribution in [0.5, 0.6) is 23.0 Å². The van der Waals surface area contributed by atoms with Crippen molar-refractivity contribution in [3.8, 4) is 23.0 Å². The molecule has 0 saturated heterocycles. The summed E-state index contributed by atoms with van der Waals surface area (Å²) in [6, 6.07) is 17.3. The summed E-state index contributed by atoms with van der Waals surface area (Å²) in [6.45, 7) is 0. The second kappa shape index (κ2) is 7.83. The SMILES string of the molecule is COc1ccc(OC(=O)Nc2ccc(Oc3cccnc3)cc2)cc1. The summed E-state index contributed by atoms with van der Waals surface area (Å²) in [7, 11) is 1.57. The van der Waals surface area contributed by atoms with Crippen LogP contribution in [0.2, 0.25) is 0 Å². The molecule has 1 amide bonds. The van der Waals surface area contributed by atoms with Crippen LogP contribution in [0.15, 0.2) is 73.1 Å². The Morgan fingerprint density at radius 1 is 0.880 bits per heavy atom. The van der Waals surface area contributed by atoms with Crippen LogP contribution in [0.4, 0.5) is 10.5 Å². The average Bonchev–Trinajstić information content (AvgIpc) is 2.65. The van der Waals surface area contributed by atoms with Gasteiger partial charge in [-0.3, -0.25) is 10.3 Å². The molecule has 0 spiro atoms. The van der Waals surface area contributed by atoms with E-state index in [1.165, 1.54) is 0 Å². The van der Waals surface area contributed by atoms with Crippen molar-refractivity contribution in [2.24, 2.45) is 0 Å². The second-order valence-electron chi connectivity index (χ2n) is 5.01. The van der Waals surface area contributed by atoms with Gasteiger partial charge in [-0.1, -0.05) is 0 Å². The minimum atomic E-state index is -0.578. The van der Waals surface area contributed by atoms with Gasteiger partial charge in [0.2, 0.25) is 0 Å². The number of aromatic nitrogens is 1. The zero-order valence-corrected chi connectivity index (χ0v) is 13.5. The molecule has 0 radical (unpaired) electrons. The molecule has 6 nitrogen and oxygen atoms in total. The van der Waals surface area contributed by atoms with E-state index in [4.69, 9.17) is 14.2 Å². The van der Waals surface area contributed by atoms with Crippen LogP contribution >= 0.6 is 0 Å². The predicted octanol–water partition coefficient (Wildman–Crippen LogP) is 4.49. The number of carbonyl (C=O) groups excluding carboxylic acids is 1. The van der Waals surface area contributed by atoms with Gasteiger partial charge in [0.15, 0.2) is 0 Å². The Morgan fingerprint density at radius 3 is 2.20 bits per heavy atom. The third kappa shape index (κ3) is 4.71. The van der Waals surface area contributed by atoms with Gasteiger partial charge in [0.1, 0.15) is 23.0 Å². The Balaban J connectivity index is 1.56. The number of nitrogens with one attached hydrogen (secondary N) is 1. The number of benzene rings is 2. The third-order valence-electron chi connectivity index (χ3n) is 3.24. The molecule has 0 fully saturated rings. The quantitative estimate of drug-likeness (QED) is 0.743. The van der Waals surface area contributed by atoms with Gasteiger partial charge >= 0.3 is 6.09 Å². The van der Waals surface area contributed by atoms with Crippen molar-refractivity contribution in [1.29, 1.82) is 0 Å². The normalized spacial score (nSPS) is 9.96. The first kappa shape index (κ1) is 16.3. The number of anilines is 1. The smallest absolute Gasteiger partial charge is 0.417 e. The molecule has 3 aromatic rings. The lowest BCUT2D eigenvalue weighted by molar-refractivity contribution is 0.215. The van der Waals surface area contributed by atoms with E-state index in [1.807, 2.05) is 6.07 Å². The number of hydrogen-bond acceptors (Lipinski definition) is 5. The maximum Gasteiger partial charge on any atom is 0.417 e. The summed E-state index contributed by atoms with van der Waals surface area (Å²) in [4.78, 5) is 15.9. The molecule has 0 aliphatic carbocycles. The fourth-order valence-electron chi connectivity index (χ4n) is 2.04. The van der Waals surface area contributed by atoms with Crippen LogP contribution in [0.1, 0.15) is 0 Å². The molecule has 1 heterocycles. The van der Waals surface area contributed by atoms with E-state index in [0.717, 1.165) is 0 Å². The number of pyridine rings is 1. The molecule has 1 aromatic heterocycles. The zero-order chi connectivity index (χ0) is 17.5. The van der Waals surface area contributed by atoms with Gasteiger partial charge in [0, 0.05) is 11.9 Å². The van der Waals surface area contributed by atoms with Gasteiger partial charge in [-0.25, -0.2) is 4.79 Å². The highest BCUT2D eigenvalue weighted by Crippen LogP contribution is 2.22. The topological polar surface area (TPSA) is 69.7 Å². The summed E-state index contributed by atoms with van der Waals surface area (Å²) in [5, 5.41) is 2.65. The molecule has 0 aliphatic heterocycles. The lowest BCUT2D eigenvalue weighted by Crippen LogP contribution is -2.16. The van der Waals surface area contributed by atoms with E-state index in [0.29, 0.717) is 28.7 Å². The van der Waals surface area contributed by atoms with Crippen LogP contribution < -0.4 is 19.5 Å². The Labute approximate surface area is 145 Å². The van der Waals surface area contributed by atoms with E-state index in [1.54, 1.807) is 74.1 Å². The van der Waals surface area contributed by atoms with Crippen molar-refractivity contribution < 1.29 is 19.0 Å². The third-order valence-corrected chi connectivity index (χ3v) is 3.24. The number of carbonyl (C=O) groups is 1. The molecule has 0 aliphatic rings. The average molecular weight is 336 g/mol. The van der Waals surface area contributed by atoms with E-state index in [-0.39, 0.29) is 0 Å². The van der Waals surface area contributed by atoms with Crippen molar-refractivity contribution in [3.05, 3.63) is 73.1 Å². The van der Waals surface area contributed by atoms with Crippen molar-refractivity contribution in [1.82, 2.24) is 4.98 Å². The predicted molar refractivity (Wildman–Crippen MR) is 93.4 cm³/mol. The van der Waals surface area contributed by atoms with Gasteiger partial charge in [-0.05, 0) is 60.7 Å². The summed E-state index contributed by atoms with van der Waals surface area (Å²) < 4.78 is 15.9. The highest BCUT2D eigenvalue weighted by molar-refractivity contribution is 5.86. The standard InChI is InChI=1S/C19H16N2O4/c1-23-15-8-10-17(11-9-15)25-19(22)21-14-4-6-16(7-5-14)24-18-3-2-12-20-13-18/h2-13H,1H3,(H,21,22). The minimum absolute atomic E-state index is 0.426. The van der Waals surface area contributed by atoms with Gasteiger partial charge in [0.05, 0.1) is 13.3 Å². The lowest BCUT2D eigenvalue weighted by atomic mass is 10.3. The highest BCUT2D eigenvalue weighted by atomic mass is 16.6. The van der Waals surface area contributed by atoms with Crippen LogP contribution in [-0.2, 0) is 0 Å². The number of amides is 1. The van der Waals surface area contributed by atoms with Gasteiger partial charge < -0.3 is 14.2 Å². The van der Waals surface area contributed by atoms with Crippen LogP contribution in [0.25, 0.3) is 0 Å². The fraction of sp³-hybridized carbons (Fsp3) is 0.0526. The summed E-state index contributed by atoms with van der Waals surface area (Å²) in [6.07, 6.45) is 2.72. The van der Waals surface area contributed by atoms with Gasteiger partial charge in [-0.2, -0.15) is 0 Å². The Hall–Kier alpha value is -3.54. The molecule has 126 valence electrons. The van der Waals surface area contributed by atoms with E-state index >= 15 is 0 Å². The van der Waals surface area contributed by atoms with Crippen molar-refractivity contribution in [2.45, 2.75) is 0 Å². The molecule has 6 heteroatoms. The molecular formula is C19H16N2O4. The number of methoxy groups -OCH3 is 1. The van der Waals surface area contributed by atoms with Crippen LogP contribution in [-0.4, -0.2) is 18.2 Å². The number of hydrogen-bond donors (Lipinski definition) is 1. The van der Waals surface area contributed by atoms with Crippen molar-refractivity contribution in [2.75, 3.05) is 12.4 Å². The molecular weight excluding hydrogens is 320 g/mol. The molecule has 0 unspecified atom stereocenters. The van der Waals surface area contributed by atoms with Crippen LogP contribution in [0, 0.1) is 0 Å². The van der Waals surface area contributed by atoms with Crippen molar-refractivity contribution >= 4 is 11.8 Å². The molecule has 0 saturated carbocycles. The molecule has 0 bridgehead atoms. The van der Waals surface area contributed by atoms with E-state index < -0.39 is 6.09 Å². The minimum Gasteiger partial charge on any atom is -0.497 e. The number of rotatable bonds is 5. The highest BCUT2D eigenvalue weighted by Gasteiger charge is 2.06. The maximum atomic E-state index is 11.9. The Morgan fingerprint density at radius 2 is 1.56 bits per heavy atom.